The molecular formula is C64H105NO6. The van der Waals surface area contributed by atoms with Crippen LogP contribution in [-0.2, 0) is 23.7 Å². The largest absolute Gasteiger partial charge is 0.508 e. The Bertz CT molecular complexity index is 1720. The Hall–Kier alpha value is -1.60. The van der Waals surface area contributed by atoms with Crippen molar-refractivity contribution in [2.45, 2.75) is 301 Å². The van der Waals surface area contributed by atoms with E-state index in [1.165, 1.54) is 167 Å². The van der Waals surface area contributed by atoms with Gasteiger partial charge in [-0.3, -0.25) is 9.69 Å². The van der Waals surface area contributed by atoms with Crippen molar-refractivity contribution in [3.63, 3.8) is 0 Å². The Labute approximate surface area is 434 Å². The molecule has 7 nitrogen and oxygen atoms in total. The molecular weight excluding hydrogens is 879 g/mol. The molecule has 0 spiro atoms. The van der Waals surface area contributed by atoms with E-state index in [4.69, 9.17) is 18.9 Å². The number of ether oxygens (including phenoxy) is 4. The van der Waals surface area contributed by atoms with E-state index >= 15 is 0 Å². The van der Waals surface area contributed by atoms with Gasteiger partial charge in [0.05, 0.1) is 6.10 Å². The van der Waals surface area contributed by atoms with E-state index in [0.29, 0.717) is 40.6 Å². The highest BCUT2D eigenvalue weighted by Gasteiger charge is 2.57. The lowest BCUT2D eigenvalue weighted by Gasteiger charge is -2.52. The van der Waals surface area contributed by atoms with Crippen molar-refractivity contribution in [3.8, 4) is 0 Å². The maximum atomic E-state index is 13.5. The highest BCUT2D eigenvalue weighted by atomic mass is 16.7. The molecule has 10 aliphatic rings. The second-order valence-electron chi connectivity index (χ2n) is 27.7. The number of rotatable bonds is 12. The molecule has 71 heavy (non-hydrogen) atoms. The topological polar surface area (TPSA) is 74.3 Å². The predicted molar refractivity (Wildman–Crippen MR) is 286 cm³/mol. The zero-order valence-electron chi connectivity index (χ0n) is 46.2. The Morgan fingerprint density at radius 2 is 0.986 bits per heavy atom. The van der Waals surface area contributed by atoms with E-state index in [2.05, 4.69) is 31.7 Å². The molecule has 402 valence electrons. The number of carbonyl (C=O) groups excluding carboxylic acids is 2. The molecule has 0 radical (unpaired) electrons. The molecule has 0 aromatic heterocycles. The molecule has 10 saturated carbocycles. The number of methoxy groups -OCH3 is 1. The van der Waals surface area contributed by atoms with Crippen LogP contribution in [0.2, 0.25) is 0 Å². The molecule has 10 rings (SSSR count). The van der Waals surface area contributed by atoms with E-state index in [1.54, 1.807) is 12.5 Å². The van der Waals surface area contributed by atoms with Gasteiger partial charge in [0, 0.05) is 32.2 Å². The van der Waals surface area contributed by atoms with Crippen LogP contribution in [0.4, 0.5) is 4.79 Å². The summed E-state index contributed by atoms with van der Waals surface area (Å²) in [6.07, 6.45) is 49.2. The first-order valence-electron chi connectivity index (χ1n) is 31.5. The fourth-order valence-corrected chi connectivity index (χ4v) is 20.1. The summed E-state index contributed by atoms with van der Waals surface area (Å²) in [5, 5.41) is 0. The first-order chi connectivity index (χ1) is 34.5. The van der Waals surface area contributed by atoms with Gasteiger partial charge in [-0.2, -0.15) is 0 Å². The molecule has 0 aromatic carbocycles. The van der Waals surface area contributed by atoms with Gasteiger partial charge in [-0.15, -0.1) is 0 Å². The molecule has 10 aliphatic carbocycles. The first kappa shape index (κ1) is 52.8. The average molecular weight is 985 g/mol. The van der Waals surface area contributed by atoms with Crippen LogP contribution in [0.5, 0.6) is 0 Å². The van der Waals surface area contributed by atoms with Crippen molar-refractivity contribution in [2.24, 2.45) is 70.0 Å². The summed E-state index contributed by atoms with van der Waals surface area (Å²) >= 11 is 0. The standard InChI is InChI=1S/C64H105NO6/c1-43-13-25-50(26-14-43)65(52-29-38-58-57-11-7-8-12-60(57)63(3,4)61(58)42-52)51-27-15-45(16-28-51)41-59(46-17-30-53(68-5)31-18-46)47-19-32-55(33-20-47)70-62(67)71-56-36-23-49(24-37-56)64(39-9-6-10-40-64)48-21-34-54(35-22-48)69-44(2)66/h41,43,45-58,60-61H,6-40,42H2,1-5H3. The maximum Gasteiger partial charge on any atom is 0.508 e. The predicted octanol–water partition coefficient (Wildman–Crippen LogP) is 16.5. The molecule has 10 fully saturated rings. The number of hydrogen-bond acceptors (Lipinski definition) is 7. The molecule has 0 aromatic rings. The van der Waals surface area contributed by atoms with E-state index < -0.39 is 6.16 Å². The van der Waals surface area contributed by atoms with Gasteiger partial charge in [-0.05, 0) is 269 Å². The molecule has 5 unspecified atom stereocenters. The minimum atomic E-state index is -0.409. The van der Waals surface area contributed by atoms with Gasteiger partial charge >= 0.3 is 12.1 Å². The Kier molecular flexibility index (Phi) is 17.7. The zero-order valence-corrected chi connectivity index (χ0v) is 46.2. The van der Waals surface area contributed by atoms with Gasteiger partial charge in [-0.1, -0.05) is 64.5 Å². The van der Waals surface area contributed by atoms with Gasteiger partial charge in [0.15, 0.2) is 0 Å². The summed E-state index contributed by atoms with van der Waals surface area (Å²) in [5.41, 5.74) is 2.72. The minimum Gasteiger partial charge on any atom is -0.463 e. The Morgan fingerprint density at radius 3 is 1.55 bits per heavy atom. The quantitative estimate of drug-likeness (QED) is 0.142. The van der Waals surface area contributed by atoms with Crippen LogP contribution >= 0.6 is 0 Å². The van der Waals surface area contributed by atoms with Crippen molar-refractivity contribution in [2.75, 3.05) is 7.11 Å². The van der Waals surface area contributed by atoms with Crippen molar-refractivity contribution in [1.82, 2.24) is 4.90 Å². The molecule has 0 N–H and O–H groups in total. The third-order valence-electron chi connectivity index (χ3n) is 23.8. The lowest BCUT2D eigenvalue weighted by atomic mass is 9.53. The smallest absolute Gasteiger partial charge is 0.463 e. The first-order valence-corrected chi connectivity index (χ1v) is 31.5. The second kappa shape index (κ2) is 23.7. The number of allylic oxidation sites excluding steroid dienone is 2. The van der Waals surface area contributed by atoms with Crippen LogP contribution in [0.3, 0.4) is 0 Å². The number of nitrogens with zero attached hydrogens (tertiary/aromatic N) is 1. The molecule has 0 amide bonds. The van der Waals surface area contributed by atoms with Gasteiger partial charge in [0.25, 0.3) is 0 Å². The van der Waals surface area contributed by atoms with Crippen LogP contribution in [0.1, 0.15) is 259 Å². The monoisotopic (exact) mass is 984 g/mol. The number of esters is 1. The highest BCUT2D eigenvalue weighted by molar-refractivity contribution is 5.66. The van der Waals surface area contributed by atoms with Gasteiger partial charge < -0.3 is 18.9 Å². The second-order valence-corrected chi connectivity index (χ2v) is 27.7. The Morgan fingerprint density at radius 1 is 0.493 bits per heavy atom. The number of hydrogen-bond donors (Lipinski definition) is 0. The third-order valence-corrected chi connectivity index (χ3v) is 23.8. The van der Waals surface area contributed by atoms with E-state index in [1.807, 2.05) is 7.11 Å². The summed E-state index contributed by atoms with van der Waals surface area (Å²) in [5.74, 6) is 8.15. The third kappa shape index (κ3) is 12.0. The van der Waals surface area contributed by atoms with Crippen LogP contribution < -0.4 is 0 Å². The summed E-state index contributed by atoms with van der Waals surface area (Å²) < 4.78 is 23.9. The highest BCUT2D eigenvalue weighted by Crippen LogP contribution is 2.64. The van der Waals surface area contributed by atoms with Crippen molar-refractivity contribution in [1.29, 1.82) is 0 Å². The molecule has 0 saturated heterocycles. The molecule has 0 heterocycles. The summed E-state index contributed by atoms with van der Waals surface area (Å²) in [7, 11) is 1.91. The van der Waals surface area contributed by atoms with Crippen molar-refractivity contribution < 1.29 is 28.5 Å². The van der Waals surface area contributed by atoms with Crippen LogP contribution in [-0.4, -0.2) is 66.7 Å². The molecule has 7 heteroatoms. The number of carbonyl (C=O) groups is 2. The van der Waals surface area contributed by atoms with Crippen molar-refractivity contribution >= 4 is 12.1 Å². The molecule has 5 atom stereocenters. The molecule has 0 aliphatic heterocycles. The van der Waals surface area contributed by atoms with E-state index in [0.717, 1.165) is 118 Å². The van der Waals surface area contributed by atoms with Gasteiger partial charge in [0.1, 0.15) is 18.3 Å². The summed E-state index contributed by atoms with van der Waals surface area (Å²) in [6, 6.07) is 2.39. The SMILES string of the molecule is COC1CCC(C(=CC2CCC(N(C3CCC(C)CC3)C3CCC4C5CCCCC5C(C)(C)C4C3)CC2)C2CCC(OC(=O)OC3CCC(C4(C5CCC(OC(C)=O)CC5)CCCCC4)CC3)CC2)CC1. The van der Waals surface area contributed by atoms with Gasteiger partial charge in [-0.25, -0.2) is 4.79 Å². The minimum absolute atomic E-state index is 0.0143. The lowest BCUT2D eigenvalue weighted by Crippen LogP contribution is -2.54. The summed E-state index contributed by atoms with van der Waals surface area (Å²) in [6.45, 7) is 9.49. The fourth-order valence-electron chi connectivity index (χ4n) is 20.1. The van der Waals surface area contributed by atoms with Gasteiger partial charge in [0.2, 0.25) is 0 Å². The van der Waals surface area contributed by atoms with Crippen molar-refractivity contribution in [3.05, 3.63) is 11.6 Å². The number of fused-ring (bicyclic) bond motifs is 3. The summed E-state index contributed by atoms with van der Waals surface area (Å²) in [4.78, 5) is 28.4. The fraction of sp³-hybridized carbons (Fsp3) is 0.938. The molecule has 0 bridgehead atoms. The van der Waals surface area contributed by atoms with E-state index in [-0.39, 0.29) is 24.3 Å². The maximum absolute atomic E-state index is 13.5. The Balaban J connectivity index is 0.730. The average Bonchev–Trinajstić information content (AvgIpc) is 3.62. The van der Waals surface area contributed by atoms with Crippen LogP contribution in [0.25, 0.3) is 0 Å². The lowest BCUT2D eigenvalue weighted by molar-refractivity contribution is -0.149. The zero-order chi connectivity index (χ0) is 49.1. The van der Waals surface area contributed by atoms with E-state index in [9.17, 15) is 9.59 Å². The van der Waals surface area contributed by atoms with Crippen LogP contribution in [0, 0.1) is 70.0 Å². The van der Waals surface area contributed by atoms with Crippen LogP contribution in [0.15, 0.2) is 11.6 Å². The normalized spacial score (nSPS) is 43.1.